The van der Waals surface area contributed by atoms with Gasteiger partial charge in [0.05, 0.1) is 0 Å². The average molecular weight is 366 g/mol. The van der Waals surface area contributed by atoms with Gasteiger partial charge in [-0.2, -0.15) is 0 Å². The standard InChI is InChI=1S/C24H31NO2/c1-4-23(27-22-15-18(2)14-19(3)16-22)24(26)25-12-10-21(11-13-25)17-20-8-6-5-7-9-20/h5-9,14-16,21,23H,4,10-13,17H2,1-3H3/t23-/m0/s1. The molecular weight excluding hydrogens is 334 g/mol. The van der Waals surface area contributed by atoms with E-state index in [2.05, 4.69) is 50.2 Å². The van der Waals surface area contributed by atoms with Gasteiger partial charge in [-0.3, -0.25) is 4.79 Å². The Balaban J connectivity index is 1.55. The SMILES string of the molecule is CC[C@H](Oc1cc(C)cc(C)c1)C(=O)N1CCC(Cc2ccccc2)CC1. The molecular formula is C24H31NO2. The fourth-order valence-electron chi connectivity index (χ4n) is 3.98. The third-order valence-electron chi connectivity index (χ3n) is 5.41. The molecule has 1 aliphatic rings. The normalized spacial score (nSPS) is 16.2. The highest BCUT2D eigenvalue weighted by Crippen LogP contribution is 2.24. The predicted octanol–water partition coefficient (Wildman–Crippen LogP) is 4.94. The number of hydrogen-bond donors (Lipinski definition) is 0. The quantitative estimate of drug-likeness (QED) is 0.725. The van der Waals surface area contributed by atoms with Crippen LogP contribution in [0.25, 0.3) is 0 Å². The fourth-order valence-corrected chi connectivity index (χ4v) is 3.98. The van der Waals surface area contributed by atoms with Crippen molar-refractivity contribution < 1.29 is 9.53 Å². The number of nitrogens with zero attached hydrogens (tertiary/aromatic N) is 1. The van der Waals surface area contributed by atoms with Crippen LogP contribution >= 0.6 is 0 Å². The molecule has 2 aromatic rings. The molecule has 1 atom stereocenters. The van der Waals surface area contributed by atoms with Crippen LogP contribution in [0.3, 0.4) is 0 Å². The van der Waals surface area contributed by atoms with Crippen LogP contribution in [0, 0.1) is 19.8 Å². The zero-order valence-corrected chi connectivity index (χ0v) is 16.8. The summed E-state index contributed by atoms with van der Waals surface area (Å²) in [5.41, 5.74) is 3.72. The molecule has 0 aromatic heterocycles. The van der Waals surface area contributed by atoms with E-state index in [0.29, 0.717) is 12.3 Å². The number of hydrogen-bond acceptors (Lipinski definition) is 2. The van der Waals surface area contributed by atoms with Crippen LogP contribution in [-0.4, -0.2) is 30.0 Å². The smallest absolute Gasteiger partial charge is 0.263 e. The van der Waals surface area contributed by atoms with E-state index in [1.807, 2.05) is 24.0 Å². The molecule has 2 aromatic carbocycles. The van der Waals surface area contributed by atoms with E-state index < -0.39 is 6.10 Å². The molecule has 1 fully saturated rings. The number of rotatable bonds is 6. The van der Waals surface area contributed by atoms with E-state index in [4.69, 9.17) is 4.74 Å². The molecule has 0 saturated carbocycles. The van der Waals surface area contributed by atoms with E-state index in [-0.39, 0.29) is 5.91 Å². The van der Waals surface area contributed by atoms with Crippen molar-refractivity contribution in [1.29, 1.82) is 0 Å². The Kier molecular flexibility index (Phi) is 6.54. The second kappa shape index (κ2) is 9.07. The molecule has 0 unspecified atom stereocenters. The zero-order valence-electron chi connectivity index (χ0n) is 16.8. The highest BCUT2D eigenvalue weighted by Gasteiger charge is 2.28. The molecule has 1 saturated heterocycles. The topological polar surface area (TPSA) is 29.5 Å². The molecule has 3 heteroatoms. The first kappa shape index (κ1) is 19.5. The molecule has 0 N–H and O–H groups in total. The van der Waals surface area contributed by atoms with Crippen LogP contribution in [0.5, 0.6) is 5.75 Å². The van der Waals surface area contributed by atoms with Crippen LogP contribution in [0.1, 0.15) is 42.9 Å². The lowest BCUT2D eigenvalue weighted by molar-refractivity contribution is -0.140. The van der Waals surface area contributed by atoms with Gasteiger partial charge in [-0.05, 0) is 74.3 Å². The predicted molar refractivity (Wildman–Crippen MR) is 110 cm³/mol. The minimum Gasteiger partial charge on any atom is -0.481 e. The van der Waals surface area contributed by atoms with Crippen LogP contribution in [0.4, 0.5) is 0 Å². The number of carbonyl (C=O) groups excluding carboxylic acids is 1. The molecule has 0 spiro atoms. The Morgan fingerprint density at radius 2 is 1.70 bits per heavy atom. The number of carbonyl (C=O) groups is 1. The number of piperidine rings is 1. The van der Waals surface area contributed by atoms with Crippen molar-refractivity contribution in [1.82, 2.24) is 4.90 Å². The summed E-state index contributed by atoms with van der Waals surface area (Å²) in [6.07, 6.45) is 3.55. The van der Waals surface area contributed by atoms with Gasteiger partial charge in [-0.25, -0.2) is 0 Å². The summed E-state index contributed by atoms with van der Waals surface area (Å²) in [4.78, 5) is 15.0. The van der Waals surface area contributed by atoms with Gasteiger partial charge in [0.2, 0.25) is 0 Å². The zero-order chi connectivity index (χ0) is 19.2. The molecule has 1 aliphatic heterocycles. The van der Waals surface area contributed by atoms with Gasteiger partial charge < -0.3 is 9.64 Å². The number of amides is 1. The first-order valence-corrected chi connectivity index (χ1v) is 10.1. The van der Waals surface area contributed by atoms with Crippen LogP contribution in [0.15, 0.2) is 48.5 Å². The maximum absolute atomic E-state index is 13.0. The number of likely N-dealkylation sites (tertiary alicyclic amines) is 1. The molecule has 3 rings (SSSR count). The molecule has 0 radical (unpaired) electrons. The van der Waals surface area contributed by atoms with E-state index in [1.54, 1.807) is 0 Å². The second-order valence-corrected chi connectivity index (χ2v) is 7.80. The maximum Gasteiger partial charge on any atom is 0.263 e. The highest BCUT2D eigenvalue weighted by molar-refractivity contribution is 5.81. The minimum absolute atomic E-state index is 0.134. The summed E-state index contributed by atoms with van der Waals surface area (Å²) >= 11 is 0. The summed E-state index contributed by atoms with van der Waals surface area (Å²) in [5, 5.41) is 0. The van der Waals surface area contributed by atoms with Crippen molar-refractivity contribution in [2.24, 2.45) is 5.92 Å². The molecule has 1 amide bonds. The van der Waals surface area contributed by atoms with Gasteiger partial charge in [0.1, 0.15) is 5.75 Å². The Bertz CT molecular complexity index is 728. The van der Waals surface area contributed by atoms with Crippen molar-refractivity contribution in [2.75, 3.05) is 13.1 Å². The second-order valence-electron chi connectivity index (χ2n) is 7.80. The van der Waals surface area contributed by atoms with Crippen LogP contribution < -0.4 is 4.74 Å². The lowest BCUT2D eigenvalue weighted by Gasteiger charge is -2.34. The Hall–Kier alpha value is -2.29. The van der Waals surface area contributed by atoms with Crippen molar-refractivity contribution in [3.8, 4) is 5.75 Å². The summed E-state index contributed by atoms with van der Waals surface area (Å²) in [7, 11) is 0. The van der Waals surface area contributed by atoms with Crippen molar-refractivity contribution in [3.63, 3.8) is 0 Å². The Morgan fingerprint density at radius 3 is 2.30 bits per heavy atom. The minimum atomic E-state index is -0.392. The molecule has 27 heavy (non-hydrogen) atoms. The van der Waals surface area contributed by atoms with Crippen molar-refractivity contribution in [2.45, 2.75) is 52.6 Å². The highest BCUT2D eigenvalue weighted by atomic mass is 16.5. The average Bonchev–Trinajstić information content (AvgIpc) is 2.66. The van der Waals surface area contributed by atoms with Crippen molar-refractivity contribution >= 4 is 5.91 Å². The van der Waals surface area contributed by atoms with Gasteiger partial charge in [0, 0.05) is 13.1 Å². The first-order chi connectivity index (χ1) is 13.0. The molecule has 1 heterocycles. The van der Waals surface area contributed by atoms with E-state index in [9.17, 15) is 4.79 Å². The molecule has 3 nitrogen and oxygen atoms in total. The van der Waals surface area contributed by atoms with Gasteiger partial charge in [-0.15, -0.1) is 0 Å². The van der Waals surface area contributed by atoms with Gasteiger partial charge >= 0.3 is 0 Å². The summed E-state index contributed by atoms with van der Waals surface area (Å²) < 4.78 is 6.07. The summed E-state index contributed by atoms with van der Waals surface area (Å²) in [6.45, 7) is 7.81. The summed E-state index contributed by atoms with van der Waals surface area (Å²) in [5.74, 6) is 1.60. The van der Waals surface area contributed by atoms with Gasteiger partial charge in [0.15, 0.2) is 6.10 Å². The van der Waals surface area contributed by atoms with Gasteiger partial charge in [-0.1, -0.05) is 43.3 Å². The van der Waals surface area contributed by atoms with Gasteiger partial charge in [0.25, 0.3) is 5.91 Å². The van der Waals surface area contributed by atoms with E-state index in [0.717, 1.165) is 49.2 Å². The monoisotopic (exact) mass is 365 g/mol. The molecule has 0 aliphatic carbocycles. The third kappa shape index (κ3) is 5.35. The Labute approximate surface area is 163 Å². The number of benzene rings is 2. The third-order valence-corrected chi connectivity index (χ3v) is 5.41. The van der Waals surface area contributed by atoms with Crippen molar-refractivity contribution in [3.05, 3.63) is 65.2 Å². The lowest BCUT2D eigenvalue weighted by atomic mass is 9.90. The van der Waals surface area contributed by atoms with Crippen LogP contribution in [-0.2, 0) is 11.2 Å². The Morgan fingerprint density at radius 1 is 1.07 bits per heavy atom. The van der Waals surface area contributed by atoms with E-state index in [1.165, 1.54) is 5.56 Å². The van der Waals surface area contributed by atoms with E-state index >= 15 is 0 Å². The number of ether oxygens (including phenoxy) is 1. The summed E-state index contributed by atoms with van der Waals surface area (Å²) in [6, 6.07) is 16.8. The number of aryl methyl sites for hydroxylation is 2. The molecule has 0 bridgehead atoms. The first-order valence-electron chi connectivity index (χ1n) is 10.1. The van der Waals surface area contributed by atoms with Crippen LogP contribution in [0.2, 0.25) is 0 Å². The fraction of sp³-hybridized carbons (Fsp3) is 0.458. The maximum atomic E-state index is 13.0. The lowest BCUT2D eigenvalue weighted by Crippen LogP contribution is -2.45. The largest absolute Gasteiger partial charge is 0.481 e. The molecule has 144 valence electrons.